The minimum Gasteiger partial charge on any atom is -0.870 e. The van der Waals surface area contributed by atoms with Crippen LogP contribution in [0.15, 0.2) is 72.8 Å². The molecule has 2 aliphatic heterocycles. The van der Waals surface area contributed by atoms with Crippen molar-refractivity contribution in [3.05, 3.63) is 101 Å². The Morgan fingerprint density at radius 1 is 0.726 bits per heavy atom. The number of aryl methyl sites for hydroxylation is 2. The summed E-state index contributed by atoms with van der Waals surface area (Å²) in [4.78, 5) is 59.7. The fourth-order valence-electron chi connectivity index (χ4n) is 7.10. The first kappa shape index (κ1) is 49.8. The first-order valence-electron chi connectivity index (χ1n) is 18.9. The van der Waals surface area contributed by atoms with Crippen molar-refractivity contribution in [2.45, 2.75) is 40.0 Å². The number of para-hydroxylation sites is 2. The van der Waals surface area contributed by atoms with Crippen LogP contribution >= 0.6 is 0 Å². The molecule has 19 heteroatoms. The summed E-state index contributed by atoms with van der Waals surface area (Å²) in [5.74, 6) is 1.85. The van der Waals surface area contributed by atoms with Gasteiger partial charge in [0.25, 0.3) is 11.8 Å². The number of imidazole rings is 2. The maximum atomic E-state index is 12.8. The van der Waals surface area contributed by atoms with Crippen LogP contribution in [0.2, 0.25) is 0 Å². The van der Waals surface area contributed by atoms with Crippen molar-refractivity contribution in [2.75, 3.05) is 44.3 Å². The number of anilines is 2. The van der Waals surface area contributed by atoms with Crippen LogP contribution in [0.5, 0.6) is 23.0 Å². The number of carbonyl (C=O) groups is 4. The maximum absolute atomic E-state index is 12.8. The molecule has 8 N–H and O–H groups in total. The molecular weight excluding hydrogens is 793 g/mol. The van der Waals surface area contributed by atoms with E-state index in [1.807, 2.05) is 62.6 Å². The number of rotatable bonds is 11. The summed E-state index contributed by atoms with van der Waals surface area (Å²) >= 11 is 0. The fraction of sp³-hybridized carbons (Fsp3) is 0.302. The van der Waals surface area contributed by atoms with Gasteiger partial charge in [0.2, 0.25) is 11.9 Å². The van der Waals surface area contributed by atoms with Gasteiger partial charge in [0.05, 0.1) is 30.5 Å². The fourth-order valence-corrected chi connectivity index (χ4v) is 7.10. The molecule has 0 unspecified atom stereocenters. The second-order valence-corrected chi connectivity index (χ2v) is 13.9. The molecule has 0 aliphatic carbocycles. The van der Waals surface area contributed by atoms with E-state index >= 15 is 0 Å². The number of aromatic nitrogens is 4. The van der Waals surface area contributed by atoms with Gasteiger partial charge in [0, 0.05) is 51.4 Å². The second kappa shape index (κ2) is 21.3. The zero-order chi connectivity index (χ0) is 41.1. The van der Waals surface area contributed by atoms with Crippen LogP contribution in [-0.4, -0.2) is 96.0 Å². The van der Waals surface area contributed by atoms with E-state index in [4.69, 9.17) is 30.8 Å². The predicted molar refractivity (Wildman–Crippen MR) is 230 cm³/mol. The summed E-state index contributed by atoms with van der Waals surface area (Å²) in [7, 11) is 3.70. The average Bonchev–Trinajstić information content (AvgIpc) is 3.67. The number of ether oxygens (including phenoxy) is 3. The Morgan fingerprint density at radius 3 is 1.58 bits per heavy atom. The first-order chi connectivity index (χ1) is 27.9. The number of esters is 1. The van der Waals surface area contributed by atoms with E-state index in [0.717, 1.165) is 22.2 Å². The van der Waals surface area contributed by atoms with Crippen molar-refractivity contribution >= 4 is 57.7 Å². The van der Waals surface area contributed by atoms with Gasteiger partial charge in [-0.2, -0.15) is 0 Å². The van der Waals surface area contributed by atoms with Crippen LogP contribution in [0, 0.1) is 0 Å². The molecule has 6 aromatic rings. The van der Waals surface area contributed by atoms with Crippen molar-refractivity contribution in [3.8, 4) is 23.0 Å². The molecule has 2 aromatic heterocycles. The van der Waals surface area contributed by atoms with E-state index in [2.05, 4.69) is 9.97 Å². The number of carboxylic acid groups (broad SMARTS) is 1. The molecule has 324 valence electrons. The summed E-state index contributed by atoms with van der Waals surface area (Å²) in [6, 6.07) is 22.0. The third-order valence-corrected chi connectivity index (χ3v) is 10.3. The van der Waals surface area contributed by atoms with Crippen LogP contribution in [0.3, 0.4) is 0 Å². The molecule has 2 aliphatic rings. The van der Waals surface area contributed by atoms with Crippen molar-refractivity contribution in [3.63, 3.8) is 0 Å². The molecule has 0 saturated carbocycles. The van der Waals surface area contributed by atoms with Crippen molar-refractivity contribution < 1.29 is 62.8 Å². The van der Waals surface area contributed by atoms with Gasteiger partial charge in [-0.25, -0.2) is 9.97 Å². The number of nitrogens with two attached hydrogens (primary N) is 3. The Bertz CT molecular complexity index is 2580. The Kier molecular flexibility index (Phi) is 17.1. The number of hydrogen-bond acceptors (Lipinski definition) is 12. The van der Waals surface area contributed by atoms with Crippen LogP contribution in [-0.2, 0) is 41.3 Å². The largest absolute Gasteiger partial charge is 1.00 e. The van der Waals surface area contributed by atoms with Crippen molar-refractivity contribution in [1.82, 2.24) is 28.9 Å². The van der Waals surface area contributed by atoms with Gasteiger partial charge in [-0.3, -0.25) is 19.2 Å². The third-order valence-electron chi connectivity index (χ3n) is 10.3. The minimum atomic E-state index is -0.910. The van der Waals surface area contributed by atoms with E-state index in [9.17, 15) is 19.2 Å². The molecule has 4 heterocycles. The molecule has 18 nitrogen and oxygen atoms in total. The van der Waals surface area contributed by atoms with Gasteiger partial charge in [0.15, 0.2) is 11.5 Å². The average molecular weight is 845 g/mol. The monoisotopic (exact) mass is 844 g/mol. The van der Waals surface area contributed by atoms with E-state index in [1.165, 1.54) is 0 Å². The molecule has 0 saturated heterocycles. The summed E-state index contributed by atoms with van der Waals surface area (Å²) in [6.45, 7) is 3.74. The van der Waals surface area contributed by atoms with Gasteiger partial charge >= 0.3 is 30.8 Å². The van der Waals surface area contributed by atoms with E-state index in [-0.39, 0.29) is 75.1 Å². The number of carbonyl (C=O) groups excluding carboxylic acids is 3. The topological polar surface area (TPSA) is 274 Å². The smallest absolute Gasteiger partial charge is 0.870 e. The molecule has 2 amide bonds. The van der Waals surface area contributed by atoms with Crippen molar-refractivity contribution in [2.24, 2.45) is 14.1 Å². The number of amides is 2. The number of benzene rings is 4. The summed E-state index contributed by atoms with van der Waals surface area (Å²) in [6.07, 6.45) is 1.49. The van der Waals surface area contributed by atoms with Gasteiger partial charge in [-0.05, 0) is 91.6 Å². The van der Waals surface area contributed by atoms with Crippen LogP contribution in [0.25, 0.3) is 28.2 Å². The van der Waals surface area contributed by atoms with Gasteiger partial charge < -0.3 is 61.3 Å². The number of fused-ring (bicyclic) bond motifs is 4. The first-order valence-corrected chi connectivity index (χ1v) is 18.9. The molecule has 0 atom stereocenters. The molecule has 0 spiro atoms. The quantitative estimate of drug-likeness (QED) is 0.125. The molecule has 0 radical (unpaired) electrons. The SMILES string of the molecule is C.CCOC(=O)CCN1CCc2cc(Oc3cccc4c3nc(N)n4C)ccc2C1=O.Cn1c(N)nc2c(Oc3ccc4c(c3)CCN(CCC(=O)O)C4=O)cccc21.[Li+].[NH2-].[OH-]. The standard InChI is InChI=1S/C22H24N4O4.C20H20N4O4.CH4.Li.H2N.H2O/c1-3-29-19(27)10-12-26-11-9-14-13-15(7-8-16(14)21(26)28)30-18-6-4-5-17-20(18)24-22(23)25(17)2;1-23-15-3-2-4-16(18(15)22-20(23)21)28-13-5-6-14-12(11-13)7-9-24(19(14)27)10-8-17(25)26;;;;/h4-8,13H,3,9-12H2,1-2H3,(H2,23,24);2-6,11H,7-10H2,1H3,(H2,21,22)(H,25,26);1H4;;2*1H2/q;;;+1;-1;/p-1. The predicted octanol–water partition coefficient (Wildman–Crippen LogP) is 3.50. The summed E-state index contributed by atoms with van der Waals surface area (Å²) in [5, 5.41) is 8.83. The molecule has 0 fully saturated rings. The number of aliphatic carboxylic acids is 1. The zero-order valence-corrected chi connectivity index (χ0v) is 34.5. The number of nitrogen functional groups attached to an aromatic ring is 2. The summed E-state index contributed by atoms with van der Waals surface area (Å²) in [5.41, 5.74) is 18.0. The third kappa shape index (κ3) is 10.5. The van der Waals surface area contributed by atoms with Gasteiger partial charge in [-0.15, -0.1) is 0 Å². The molecule has 8 rings (SSSR count). The molecule has 0 bridgehead atoms. The van der Waals surface area contributed by atoms with E-state index in [1.54, 1.807) is 50.1 Å². The Morgan fingerprint density at radius 2 is 1.16 bits per heavy atom. The zero-order valence-electron chi connectivity index (χ0n) is 34.5. The number of hydrogen-bond donors (Lipinski definition) is 3. The Labute approximate surface area is 370 Å². The van der Waals surface area contributed by atoms with E-state index in [0.29, 0.717) is 96.1 Å². The number of carboxylic acids is 1. The van der Waals surface area contributed by atoms with Crippen molar-refractivity contribution in [1.29, 1.82) is 0 Å². The second-order valence-electron chi connectivity index (χ2n) is 13.9. The Hall–Kier alpha value is -6.58. The summed E-state index contributed by atoms with van der Waals surface area (Å²) < 4.78 is 20.6. The van der Waals surface area contributed by atoms with Gasteiger partial charge in [0.1, 0.15) is 22.5 Å². The Balaban J connectivity index is 0.000000311. The van der Waals surface area contributed by atoms with Crippen LogP contribution in [0.1, 0.15) is 59.0 Å². The molecule has 4 aromatic carbocycles. The van der Waals surface area contributed by atoms with Crippen LogP contribution in [0.4, 0.5) is 11.9 Å². The maximum Gasteiger partial charge on any atom is 1.00 e. The molecule has 62 heavy (non-hydrogen) atoms. The number of nitrogens with zero attached hydrogens (tertiary/aromatic N) is 6. The minimum absolute atomic E-state index is 0. The normalized spacial score (nSPS) is 12.6. The van der Waals surface area contributed by atoms with Crippen LogP contribution < -0.4 is 39.8 Å². The van der Waals surface area contributed by atoms with E-state index < -0.39 is 5.97 Å². The molecular formula is C43H51LiN9O9-. The van der Waals surface area contributed by atoms with Gasteiger partial charge in [-0.1, -0.05) is 19.6 Å².